The van der Waals surface area contributed by atoms with Crippen LogP contribution in [0.4, 0.5) is 5.69 Å². The molecule has 0 radical (unpaired) electrons. The maximum absolute atomic E-state index is 14.4. The fourth-order valence-electron chi connectivity index (χ4n) is 4.81. The first-order valence-electron chi connectivity index (χ1n) is 14.1. The van der Waals surface area contributed by atoms with Gasteiger partial charge in [-0.25, -0.2) is 8.42 Å². The SMILES string of the molecule is CCNC(=O)C(Cc1ccccc1)N(Cc1ccccc1C)C(=O)CN(c1cccc(Cl)c1)S(=O)(=O)c1ccc(C)cc1. The van der Waals surface area contributed by atoms with Crippen molar-refractivity contribution in [3.63, 3.8) is 0 Å². The Morgan fingerprint density at radius 2 is 1.53 bits per heavy atom. The van der Waals surface area contributed by atoms with Gasteiger partial charge in [0.2, 0.25) is 11.8 Å². The average molecular weight is 618 g/mol. The summed E-state index contributed by atoms with van der Waals surface area (Å²) in [6.07, 6.45) is 0.256. The van der Waals surface area contributed by atoms with Crippen molar-refractivity contribution in [2.45, 2.75) is 44.7 Å². The zero-order valence-electron chi connectivity index (χ0n) is 24.5. The standard InChI is InChI=1S/C34H36ClN3O4S/c1-4-36-34(40)32(21-27-12-6-5-7-13-27)37(23-28-14-9-8-11-26(28)3)33(39)24-38(30-16-10-15-29(35)22-30)43(41,42)31-19-17-25(2)18-20-31/h5-20,22,32H,4,21,23-24H2,1-3H3,(H,36,40). The van der Waals surface area contributed by atoms with Crippen LogP contribution in [0.5, 0.6) is 0 Å². The van der Waals surface area contributed by atoms with Gasteiger partial charge in [-0.1, -0.05) is 90.0 Å². The summed E-state index contributed by atoms with van der Waals surface area (Å²) in [5.41, 5.74) is 3.83. The van der Waals surface area contributed by atoms with Gasteiger partial charge in [-0.2, -0.15) is 0 Å². The van der Waals surface area contributed by atoms with Crippen LogP contribution in [-0.4, -0.2) is 44.3 Å². The van der Waals surface area contributed by atoms with Crippen LogP contribution in [0.1, 0.15) is 29.2 Å². The van der Waals surface area contributed by atoms with E-state index >= 15 is 0 Å². The summed E-state index contributed by atoms with van der Waals surface area (Å²) in [7, 11) is -4.19. The van der Waals surface area contributed by atoms with Crippen molar-refractivity contribution in [1.29, 1.82) is 0 Å². The summed E-state index contributed by atoms with van der Waals surface area (Å²) in [6, 6.07) is 29.0. The zero-order valence-corrected chi connectivity index (χ0v) is 26.1. The molecule has 0 heterocycles. The van der Waals surface area contributed by atoms with E-state index in [2.05, 4.69) is 5.32 Å². The van der Waals surface area contributed by atoms with Gasteiger partial charge in [0.15, 0.2) is 0 Å². The number of nitrogens with one attached hydrogen (secondary N) is 1. The lowest BCUT2D eigenvalue weighted by Crippen LogP contribution is -2.53. The summed E-state index contributed by atoms with van der Waals surface area (Å²) in [6.45, 7) is 5.59. The van der Waals surface area contributed by atoms with Gasteiger partial charge in [-0.15, -0.1) is 0 Å². The lowest BCUT2D eigenvalue weighted by Gasteiger charge is -2.34. The van der Waals surface area contributed by atoms with Gasteiger partial charge in [0.1, 0.15) is 12.6 Å². The van der Waals surface area contributed by atoms with E-state index in [1.165, 1.54) is 23.1 Å². The highest BCUT2D eigenvalue weighted by Crippen LogP contribution is 2.27. The number of sulfonamides is 1. The number of amides is 2. The third kappa shape index (κ3) is 8.03. The smallest absolute Gasteiger partial charge is 0.264 e. The van der Waals surface area contributed by atoms with Gasteiger partial charge >= 0.3 is 0 Å². The molecule has 1 atom stereocenters. The molecule has 0 aliphatic rings. The molecule has 0 aromatic heterocycles. The monoisotopic (exact) mass is 617 g/mol. The van der Waals surface area contributed by atoms with Crippen LogP contribution in [0.2, 0.25) is 5.02 Å². The third-order valence-electron chi connectivity index (χ3n) is 7.21. The van der Waals surface area contributed by atoms with Gasteiger partial charge < -0.3 is 10.2 Å². The Morgan fingerprint density at radius 1 is 0.860 bits per heavy atom. The van der Waals surface area contributed by atoms with Gasteiger partial charge in [-0.05, 0) is 67.8 Å². The van der Waals surface area contributed by atoms with E-state index in [9.17, 15) is 18.0 Å². The quantitative estimate of drug-likeness (QED) is 0.214. The number of anilines is 1. The van der Waals surface area contributed by atoms with Crippen molar-refractivity contribution < 1.29 is 18.0 Å². The van der Waals surface area contributed by atoms with Crippen LogP contribution in [0.15, 0.2) is 108 Å². The van der Waals surface area contributed by atoms with Crippen molar-refractivity contribution >= 4 is 39.1 Å². The third-order valence-corrected chi connectivity index (χ3v) is 9.23. The summed E-state index contributed by atoms with van der Waals surface area (Å²) in [4.78, 5) is 29.5. The molecule has 0 aliphatic heterocycles. The molecule has 0 bridgehead atoms. The van der Waals surface area contributed by atoms with Gasteiger partial charge in [0, 0.05) is 24.5 Å². The van der Waals surface area contributed by atoms with E-state index in [1.807, 2.05) is 75.4 Å². The maximum atomic E-state index is 14.4. The predicted octanol–water partition coefficient (Wildman–Crippen LogP) is 5.93. The molecule has 4 aromatic carbocycles. The van der Waals surface area contributed by atoms with Crippen molar-refractivity contribution in [2.24, 2.45) is 0 Å². The number of nitrogens with zero attached hydrogens (tertiary/aromatic N) is 2. The first-order chi connectivity index (χ1) is 20.6. The number of benzene rings is 4. The summed E-state index contributed by atoms with van der Waals surface area (Å²) in [5.74, 6) is -0.838. The molecule has 1 N–H and O–H groups in total. The van der Waals surface area contributed by atoms with Crippen LogP contribution in [-0.2, 0) is 32.6 Å². The van der Waals surface area contributed by atoms with Crippen molar-refractivity contribution in [2.75, 3.05) is 17.4 Å². The zero-order chi connectivity index (χ0) is 31.0. The molecule has 1 unspecified atom stereocenters. The Balaban J connectivity index is 1.80. The minimum absolute atomic E-state index is 0.0425. The van der Waals surface area contributed by atoms with E-state index in [1.54, 1.807) is 30.3 Å². The van der Waals surface area contributed by atoms with Crippen LogP contribution in [0.3, 0.4) is 0 Å². The normalized spacial score (nSPS) is 11.9. The largest absolute Gasteiger partial charge is 0.355 e. The highest BCUT2D eigenvalue weighted by molar-refractivity contribution is 7.92. The molecule has 0 saturated heterocycles. The topological polar surface area (TPSA) is 86.8 Å². The second kappa shape index (κ2) is 14.4. The predicted molar refractivity (Wildman–Crippen MR) is 172 cm³/mol. The Kier molecular flexibility index (Phi) is 10.6. The molecular formula is C34H36ClN3O4S. The fourth-order valence-corrected chi connectivity index (χ4v) is 6.41. The molecular weight excluding hydrogens is 582 g/mol. The van der Waals surface area contributed by atoms with Crippen LogP contribution < -0.4 is 9.62 Å². The highest BCUT2D eigenvalue weighted by Gasteiger charge is 2.34. The van der Waals surface area contributed by atoms with Gasteiger partial charge in [-0.3, -0.25) is 13.9 Å². The second-order valence-electron chi connectivity index (χ2n) is 10.4. The minimum atomic E-state index is -4.19. The van der Waals surface area contributed by atoms with Crippen LogP contribution in [0, 0.1) is 13.8 Å². The number of hydrogen-bond donors (Lipinski definition) is 1. The van der Waals surface area contributed by atoms with Gasteiger partial charge in [0.05, 0.1) is 10.6 Å². The first kappa shape index (κ1) is 31.8. The van der Waals surface area contributed by atoms with Crippen molar-refractivity contribution in [3.8, 4) is 0 Å². The number of aryl methyl sites for hydroxylation is 2. The molecule has 0 saturated carbocycles. The van der Waals surface area contributed by atoms with Crippen LogP contribution >= 0.6 is 11.6 Å². The number of likely N-dealkylation sites (N-methyl/N-ethyl adjacent to an activating group) is 1. The molecule has 0 aliphatic carbocycles. The lowest BCUT2D eigenvalue weighted by molar-refractivity contribution is -0.140. The molecule has 2 amide bonds. The number of carbonyl (C=O) groups is 2. The number of hydrogen-bond acceptors (Lipinski definition) is 4. The van der Waals surface area contributed by atoms with Crippen LogP contribution in [0.25, 0.3) is 0 Å². The summed E-state index contributed by atoms with van der Waals surface area (Å²) >= 11 is 6.28. The Hall–Kier alpha value is -4.14. The highest BCUT2D eigenvalue weighted by atomic mass is 35.5. The summed E-state index contributed by atoms with van der Waals surface area (Å²) in [5, 5.41) is 3.20. The second-order valence-corrected chi connectivity index (χ2v) is 12.7. The molecule has 4 rings (SSSR count). The lowest BCUT2D eigenvalue weighted by atomic mass is 10.0. The number of halogens is 1. The van der Waals surface area contributed by atoms with E-state index in [-0.39, 0.29) is 29.5 Å². The molecule has 9 heteroatoms. The number of carbonyl (C=O) groups excluding carboxylic acids is 2. The van der Waals surface area contributed by atoms with Crippen molar-refractivity contribution in [3.05, 3.63) is 130 Å². The van der Waals surface area contributed by atoms with E-state index in [4.69, 9.17) is 11.6 Å². The Bertz CT molecular complexity index is 1660. The van der Waals surface area contributed by atoms with E-state index in [0.29, 0.717) is 11.6 Å². The Morgan fingerprint density at radius 3 is 2.19 bits per heavy atom. The average Bonchev–Trinajstić information content (AvgIpc) is 2.99. The van der Waals surface area contributed by atoms with Gasteiger partial charge in [0.25, 0.3) is 10.0 Å². The minimum Gasteiger partial charge on any atom is -0.355 e. The van der Waals surface area contributed by atoms with Crippen molar-refractivity contribution in [1.82, 2.24) is 10.2 Å². The van der Waals surface area contributed by atoms with E-state index < -0.39 is 28.5 Å². The maximum Gasteiger partial charge on any atom is 0.264 e. The molecule has 7 nitrogen and oxygen atoms in total. The molecule has 224 valence electrons. The molecule has 4 aromatic rings. The molecule has 43 heavy (non-hydrogen) atoms. The molecule has 0 fully saturated rings. The summed E-state index contributed by atoms with van der Waals surface area (Å²) < 4.78 is 29.2. The fraction of sp³-hybridized carbons (Fsp3) is 0.235. The van der Waals surface area contributed by atoms with E-state index in [0.717, 1.165) is 26.6 Å². The molecule has 0 spiro atoms. The number of rotatable bonds is 12. The first-order valence-corrected chi connectivity index (χ1v) is 15.9. The Labute approximate surface area is 259 Å².